The molecule has 0 saturated carbocycles. The van der Waals surface area contributed by atoms with E-state index in [4.69, 9.17) is 10.9 Å². The molecule has 0 aliphatic carbocycles. The molecule has 0 bridgehead atoms. The second kappa shape index (κ2) is 5.57. The molecule has 0 unspecified atom stereocenters. The maximum absolute atomic E-state index is 11.7. The molecular formula is C11H12N4O3S2. The number of sulfonamides is 1. The van der Waals surface area contributed by atoms with Crippen molar-refractivity contribution in [3.63, 3.8) is 0 Å². The number of rotatable bonds is 4. The predicted octanol–water partition coefficient (Wildman–Crippen LogP) is 0.554. The Balaban J connectivity index is 2.01. The molecule has 0 spiro atoms. The standard InChI is InChI=1S/C11H12N4O3S2/c12-11-15-8(6-19-11)5-10(16)14-7-1-3-9(4-2-7)20(13,17)18/h1-4,6H,5H2,(H2,12,15)(H,14,16)(H2,13,17,18). The molecule has 9 heteroatoms. The number of nitrogens with zero attached hydrogens (tertiary/aromatic N) is 1. The van der Waals surface area contributed by atoms with E-state index in [9.17, 15) is 13.2 Å². The fourth-order valence-corrected chi connectivity index (χ4v) is 2.58. The third-order valence-corrected chi connectivity index (χ3v) is 4.03. The molecule has 1 aromatic heterocycles. The number of carbonyl (C=O) groups is 1. The van der Waals surface area contributed by atoms with Gasteiger partial charge in [0.05, 0.1) is 17.0 Å². The highest BCUT2D eigenvalue weighted by Gasteiger charge is 2.09. The van der Waals surface area contributed by atoms with Crippen LogP contribution in [-0.2, 0) is 21.2 Å². The second-order valence-corrected chi connectivity index (χ2v) is 6.42. The number of primary sulfonamides is 1. The van der Waals surface area contributed by atoms with Gasteiger partial charge in [0, 0.05) is 11.1 Å². The van der Waals surface area contributed by atoms with Gasteiger partial charge in [-0.2, -0.15) is 0 Å². The van der Waals surface area contributed by atoms with Crippen LogP contribution in [0.4, 0.5) is 10.8 Å². The summed E-state index contributed by atoms with van der Waals surface area (Å²) in [6.45, 7) is 0. The zero-order valence-electron chi connectivity index (χ0n) is 10.2. The molecule has 2 rings (SSSR count). The van der Waals surface area contributed by atoms with Crippen molar-refractivity contribution >= 4 is 38.1 Å². The number of thiazole rings is 1. The summed E-state index contributed by atoms with van der Waals surface area (Å²) in [7, 11) is -3.73. The molecule has 1 heterocycles. The van der Waals surface area contributed by atoms with Crippen molar-refractivity contribution in [1.82, 2.24) is 4.98 Å². The average Bonchev–Trinajstić information content (AvgIpc) is 2.74. The van der Waals surface area contributed by atoms with Crippen molar-refractivity contribution < 1.29 is 13.2 Å². The van der Waals surface area contributed by atoms with Crippen molar-refractivity contribution in [3.8, 4) is 0 Å². The molecule has 106 valence electrons. The molecule has 0 atom stereocenters. The van der Waals surface area contributed by atoms with Crippen LogP contribution >= 0.6 is 11.3 Å². The molecule has 1 aromatic carbocycles. The normalized spacial score (nSPS) is 11.2. The number of amides is 1. The van der Waals surface area contributed by atoms with Crippen molar-refractivity contribution in [2.75, 3.05) is 11.1 Å². The van der Waals surface area contributed by atoms with E-state index in [0.717, 1.165) is 0 Å². The van der Waals surface area contributed by atoms with Crippen LogP contribution in [-0.4, -0.2) is 19.3 Å². The molecule has 0 aliphatic rings. The Morgan fingerprint density at radius 1 is 1.30 bits per heavy atom. The van der Waals surface area contributed by atoms with Crippen LogP contribution in [0.2, 0.25) is 0 Å². The lowest BCUT2D eigenvalue weighted by molar-refractivity contribution is -0.115. The van der Waals surface area contributed by atoms with Gasteiger partial charge in [-0.1, -0.05) is 0 Å². The van der Waals surface area contributed by atoms with Crippen LogP contribution in [0, 0.1) is 0 Å². The van der Waals surface area contributed by atoms with E-state index < -0.39 is 10.0 Å². The minimum absolute atomic E-state index is 0.0113. The number of hydrogen-bond donors (Lipinski definition) is 3. The molecular weight excluding hydrogens is 300 g/mol. The highest BCUT2D eigenvalue weighted by atomic mass is 32.2. The number of nitrogen functional groups attached to an aromatic ring is 1. The maximum Gasteiger partial charge on any atom is 0.238 e. The van der Waals surface area contributed by atoms with Gasteiger partial charge in [-0.25, -0.2) is 18.5 Å². The first-order valence-electron chi connectivity index (χ1n) is 5.47. The lowest BCUT2D eigenvalue weighted by Gasteiger charge is -2.05. The topological polar surface area (TPSA) is 128 Å². The minimum atomic E-state index is -3.73. The highest BCUT2D eigenvalue weighted by Crippen LogP contribution is 2.14. The first-order valence-corrected chi connectivity index (χ1v) is 7.90. The van der Waals surface area contributed by atoms with E-state index in [1.165, 1.54) is 35.6 Å². The molecule has 2 aromatic rings. The molecule has 0 fully saturated rings. The Morgan fingerprint density at radius 3 is 2.45 bits per heavy atom. The highest BCUT2D eigenvalue weighted by molar-refractivity contribution is 7.89. The van der Waals surface area contributed by atoms with Gasteiger partial charge < -0.3 is 11.1 Å². The smallest absolute Gasteiger partial charge is 0.238 e. The fourth-order valence-electron chi connectivity index (χ4n) is 1.50. The maximum atomic E-state index is 11.7. The van der Waals surface area contributed by atoms with Gasteiger partial charge in [0.15, 0.2) is 5.13 Å². The van der Waals surface area contributed by atoms with E-state index in [0.29, 0.717) is 16.5 Å². The summed E-state index contributed by atoms with van der Waals surface area (Å²) >= 11 is 1.26. The van der Waals surface area contributed by atoms with E-state index in [1.807, 2.05) is 0 Å². The summed E-state index contributed by atoms with van der Waals surface area (Å²) in [4.78, 5) is 15.7. The summed E-state index contributed by atoms with van der Waals surface area (Å²) in [5, 5.41) is 9.72. The van der Waals surface area contributed by atoms with Crippen molar-refractivity contribution in [3.05, 3.63) is 35.3 Å². The molecule has 0 radical (unpaired) electrons. The van der Waals surface area contributed by atoms with Crippen molar-refractivity contribution in [1.29, 1.82) is 0 Å². The van der Waals surface area contributed by atoms with Crippen molar-refractivity contribution in [2.24, 2.45) is 5.14 Å². The zero-order chi connectivity index (χ0) is 14.8. The Morgan fingerprint density at radius 2 is 1.95 bits per heavy atom. The van der Waals surface area contributed by atoms with E-state index in [1.54, 1.807) is 5.38 Å². The lowest BCUT2D eigenvalue weighted by atomic mass is 10.3. The Hall–Kier alpha value is -1.97. The second-order valence-electron chi connectivity index (χ2n) is 3.97. The number of carbonyl (C=O) groups excluding carboxylic acids is 1. The van der Waals surface area contributed by atoms with Crippen LogP contribution in [0.15, 0.2) is 34.5 Å². The minimum Gasteiger partial charge on any atom is -0.375 e. The summed E-state index contributed by atoms with van der Waals surface area (Å²) in [5.41, 5.74) is 6.54. The summed E-state index contributed by atoms with van der Waals surface area (Å²) < 4.78 is 22.2. The number of nitrogens with one attached hydrogen (secondary N) is 1. The number of benzene rings is 1. The van der Waals surface area contributed by atoms with Gasteiger partial charge in [-0.3, -0.25) is 4.79 Å². The predicted molar refractivity (Wildman–Crippen MR) is 76.7 cm³/mol. The first-order chi connectivity index (χ1) is 9.34. The van der Waals surface area contributed by atoms with Crippen LogP contribution in [0.1, 0.15) is 5.69 Å². The molecule has 20 heavy (non-hydrogen) atoms. The first kappa shape index (κ1) is 14.4. The number of nitrogens with two attached hydrogens (primary N) is 2. The van der Waals surface area contributed by atoms with Gasteiger partial charge in [0.1, 0.15) is 0 Å². The Labute approximate surface area is 119 Å². The monoisotopic (exact) mass is 312 g/mol. The van der Waals surface area contributed by atoms with Crippen LogP contribution in [0.5, 0.6) is 0 Å². The Kier molecular flexibility index (Phi) is 4.02. The van der Waals surface area contributed by atoms with Crippen LogP contribution in [0.3, 0.4) is 0 Å². The van der Waals surface area contributed by atoms with Gasteiger partial charge in [0.2, 0.25) is 15.9 Å². The average molecular weight is 312 g/mol. The van der Waals surface area contributed by atoms with Crippen LogP contribution < -0.4 is 16.2 Å². The largest absolute Gasteiger partial charge is 0.375 e. The van der Waals surface area contributed by atoms with Gasteiger partial charge in [-0.15, -0.1) is 11.3 Å². The summed E-state index contributed by atoms with van der Waals surface area (Å²) in [5.74, 6) is -0.265. The summed E-state index contributed by atoms with van der Waals surface area (Å²) in [6, 6.07) is 5.58. The molecule has 7 nitrogen and oxygen atoms in total. The van der Waals surface area contributed by atoms with E-state index in [-0.39, 0.29) is 17.2 Å². The van der Waals surface area contributed by atoms with Gasteiger partial charge in [-0.05, 0) is 24.3 Å². The quantitative estimate of drug-likeness (QED) is 0.759. The van der Waals surface area contributed by atoms with E-state index in [2.05, 4.69) is 10.3 Å². The lowest BCUT2D eigenvalue weighted by Crippen LogP contribution is -2.15. The van der Waals surface area contributed by atoms with Gasteiger partial charge >= 0.3 is 0 Å². The number of anilines is 2. The third kappa shape index (κ3) is 3.76. The third-order valence-electron chi connectivity index (χ3n) is 2.38. The fraction of sp³-hybridized carbons (Fsp3) is 0.0909. The summed E-state index contributed by atoms with van der Waals surface area (Å²) in [6.07, 6.45) is 0.102. The molecule has 5 N–H and O–H groups in total. The molecule has 1 amide bonds. The van der Waals surface area contributed by atoms with Gasteiger partial charge in [0.25, 0.3) is 0 Å². The Bertz CT molecular complexity index is 722. The number of hydrogen-bond acceptors (Lipinski definition) is 6. The van der Waals surface area contributed by atoms with Crippen molar-refractivity contribution in [2.45, 2.75) is 11.3 Å². The molecule has 0 aliphatic heterocycles. The number of aromatic nitrogens is 1. The van der Waals surface area contributed by atoms with E-state index >= 15 is 0 Å². The molecule has 0 saturated heterocycles. The SMILES string of the molecule is Nc1nc(CC(=O)Nc2ccc(S(N)(=O)=O)cc2)cs1. The van der Waals surface area contributed by atoms with Crippen LogP contribution in [0.25, 0.3) is 0 Å². The zero-order valence-corrected chi connectivity index (χ0v) is 11.9.